The molecular weight excluding hydrogens is 418 g/mol. The van der Waals surface area contributed by atoms with Gasteiger partial charge in [0, 0.05) is 26.8 Å². The number of esters is 2. The Morgan fingerprint density at radius 2 is 1.64 bits per heavy atom. The van der Waals surface area contributed by atoms with E-state index in [0.29, 0.717) is 18.5 Å². The van der Waals surface area contributed by atoms with E-state index in [0.717, 1.165) is 11.1 Å². The zero-order valence-corrected chi connectivity index (χ0v) is 19.0. The number of rotatable bonds is 8. The van der Waals surface area contributed by atoms with E-state index in [1.807, 2.05) is 60.7 Å². The van der Waals surface area contributed by atoms with Crippen LogP contribution in [-0.4, -0.2) is 42.3 Å². The van der Waals surface area contributed by atoms with E-state index in [2.05, 4.69) is 17.4 Å². The molecule has 4 atom stereocenters. The molecule has 2 aromatic rings. The number of hydrogen-bond donors (Lipinski definition) is 0. The number of carbonyl (C=O) groups is 2. The third-order valence-electron chi connectivity index (χ3n) is 5.43. The second-order valence-corrected chi connectivity index (χ2v) is 7.98. The first-order valence-corrected chi connectivity index (χ1v) is 10.8. The molecule has 172 valence electrons. The number of hydrogen-bond acceptors (Lipinski definition) is 6. The Kier molecular flexibility index (Phi) is 8.42. The first-order valence-electron chi connectivity index (χ1n) is 10.8. The molecule has 0 radical (unpaired) electrons. The zero-order chi connectivity index (χ0) is 23.8. The Balaban J connectivity index is 2.08. The van der Waals surface area contributed by atoms with E-state index in [-0.39, 0.29) is 18.6 Å². The fraction of sp³-hybridized carbons (Fsp3) is 0.333. The van der Waals surface area contributed by atoms with Crippen molar-refractivity contribution in [3.8, 4) is 12.3 Å². The van der Waals surface area contributed by atoms with Gasteiger partial charge in [0.25, 0.3) is 0 Å². The van der Waals surface area contributed by atoms with Gasteiger partial charge in [-0.15, -0.1) is 12.3 Å². The molecule has 1 aliphatic rings. The molecular formula is C27H29NO5. The van der Waals surface area contributed by atoms with Crippen LogP contribution in [0.15, 0.2) is 72.8 Å². The van der Waals surface area contributed by atoms with Crippen LogP contribution < -0.4 is 0 Å². The van der Waals surface area contributed by atoms with Crippen molar-refractivity contribution in [2.75, 3.05) is 13.2 Å². The van der Waals surface area contributed by atoms with Crippen molar-refractivity contribution in [2.45, 2.75) is 44.7 Å². The monoisotopic (exact) mass is 447 g/mol. The Hall–Kier alpha value is -3.40. The van der Waals surface area contributed by atoms with E-state index in [1.165, 1.54) is 13.8 Å². The minimum Gasteiger partial charge on any atom is -0.461 e. The number of ether oxygens (including phenoxy) is 3. The molecule has 0 aromatic heterocycles. The SMILES string of the molecule is C#CC[C@H]1[C@H](OC(C)=O)O[C@H](c2ccccc2)[C@H](c2ccccc2)N1CC(=C)COC(C)=O. The summed E-state index contributed by atoms with van der Waals surface area (Å²) in [5.41, 5.74) is 2.66. The summed E-state index contributed by atoms with van der Waals surface area (Å²) in [6.07, 6.45) is 4.70. The van der Waals surface area contributed by atoms with Gasteiger partial charge in [-0.25, -0.2) is 0 Å². The molecule has 33 heavy (non-hydrogen) atoms. The van der Waals surface area contributed by atoms with Crippen LogP contribution in [0.3, 0.4) is 0 Å². The van der Waals surface area contributed by atoms with Gasteiger partial charge < -0.3 is 14.2 Å². The summed E-state index contributed by atoms with van der Waals surface area (Å²) < 4.78 is 17.2. The number of nitrogens with zero attached hydrogens (tertiary/aromatic N) is 1. The van der Waals surface area contributed by atoms with E-state index in [9.17, 15) is 9.59 Å². The Labute approximate surface area is 195 Å². The Morgan fingerprint density at radius 1 is 1.03 bits per heavy atom. The quantitative estimate of drug-likeness (QED) is 0.343. The second kappa shape index (κ2) is 11.5. The minimum absolute atomic E-state index is 0.0885. The molecule has 0 unspecified atom stereocenters. The molecule has 6 nitrogen and oxygen atoms in total. The van der Waals surface area contributed by atoms with Crippen LogP contribution >= 0.6 is 0 Å². The second-order valence-electron chi connectivity index (χ2n) is 7.98. The van der Waals surface area contributed by atoms with Crippen LogP contribution in [0.4, 0.5) is 0 Å². The highest BCUT2D eigenvalue weighted by Crippen LogP contribution is 2.44. The summed E-state index contributed by atoms with van der Waals surface area (Å²) in [6.45, 7) is 7.28. The van der Waals surface area contributed by atoms with Gasteiger partial charge in [0.1, 0.15) is 12.7 Å². The van der Waals surface area contributed by atoms with Gasteiger partial charge in [-0.2, -0.15) is 0 Å². The number of morpholine rings is 1. The summed E-state index contributed by atoms with van der Waals surface area (Å²) in [5.74, 6) is 1.86. The van der Waals surface area contributed by atoms with Crippen molar-refractivity contribution < 1.29 is 23.8 Å². The van der Waals surface area contributed by atoms with Crippen molar-refractivity contribution in [2.24, 2.45) is 0 Å². The van der Waals surface area contributed by atoms with Crippen LogP contribution in [0.1, 0.15) is 43.5 Å². The molecule has 0 spiro atoms. The van der Waals surface area contributed by atoms with Crippen LogP contribution in [0.25, 0.3) is 0 Å². The van der Waals surface area contributed by atoms with Crippen molar-refractivity contribution >= 4 is 11.9 Å². The maximum atomic E-state index is 11.9. The van der Waals surface area contributed by atoms with Crippen LogP contribution in [0, 0.1) is 12.3 Å². The van der Waals surface area contributed by atoms with Gasteiger partial charge >= 0.3 is 11.9 Å². The van der Waals surface area contributed by atoms with Gasteiger partial charge in [0.05, 0.1) is 12.1 Å². The maximum Gasteiger partial charge on any atom is 0.304 e. The van der Waals surface area contributed by atoms with Crippen LogP contribution in [0.5, 0.6) is 0 Å². The molecule has 3 rings (SSSR count). The molecule has 0 amide bonds. The van der Waals surface area contributed by atoms with Crippen molar-refractivity contribution in [1.82, 2.24) is 4.90 Å². The third-order valence-corrected chi connectivity index (χ3v) is 5.43. The Morgan fingerprint density at radius 3 is 2.18 bits per heavy atom. The molecule has 0 N–H and O–H groups in total. The normalized spacial score (nSPS) is 22.7. The van der Waals surface area contributed by atoms with Gasteiger partial charge in [-0.1, -0.05) is 67.2 Å². The molecule has 1 heterocycles. The maximum absolute atomic E-state index is 11.9. The predicted molar refractivity (Wildman–Crippen MR) is 125 cm³/mol. The molecule has 6 heteroatoms. The van der Waals surface area contributed by atoms with E-state index < -0.39 is 24.4 Å². The lowest BCUT2D eigenvalue weighted by Gasteiger charge is -2.49. The topological polar surface area (TPSA) is 65.1 Å². The van der Waals surface area contributed by atoms with Crippen LogP contribution in [-0.2, 0) is 23.8 Å². The number of benzene rings is 2. The molecule has 0 saturated carbocycles. The summed E-state index contributed by atoms with van der Waals surface area (Å²) >= 11 is 0. The highest BCUT2D eigenvalue weighted by atomic mass is 16.7. The first-order chi connectivity index (χ1) is 15.9. The smallest absolute Gasteiger partial charge is 0.304 e. The summed E-state index contributed by atoms with van der Waals surface area (Å²) in [6, 6.07) is 19.1. The molecule has 1 fully saturated rings. The van der Waals surface area contributed by atoms with Crippen LogP contribution in [0.2, 0.25) is 0 Å². The molecule has 2 aromatic carbocycles. The van der Waals surface area contributed by atoms with Crippen molar-refractivity contribution in [1.29, 1.82) is 0 Å². The van der Waals surface area contributed by atoms with Crippen molar-refractivity contribution in [3.05, 3.63) is 83.9 Å². The summed E-state index contributed by atoms with van der Waals surface area (Å²) in [7, 11) is 0. The average molecular weight is 448 g/mol. The standard InChI is InChI=1S/C27H29NO5/c1-5-12-24-27(32-21(4)30)33-26(23-15-10-7-11-16-23)25(22-13-8-6-9-14-22)28(24)17-19(2)18-31-20(3)29/h1,6-11,13-16,24-27H,2,12,17-18H2,3-4H3/t24-,25-,26+,27+/m0/s1. The van der Waals surface area contributed by atoms with Gasteiger partial charge in [0.15, 0.2) is 0 Å². The fourth-order valence-electron chi connectivity index (χ4n) is 4.09. The lowest BCUT2D eigenvalue weighted by atomic mass is 9.89. The fourth-order valence-corrected chi connectivity index (χ4v) is 4.09. The van der Waals surface area contributed by atoms with E-state index in [4.69, 9.17) is 20.6 Å². The summed E-state index contributed by atoms with van der Waals surface area (Å²) in [5, 5.41) is 0. The van der Waals surface area contributed by atoms with Gasteiger partial charge in [-0.05, 0) is 16.7 Å². The van der Waals surface area contributed by atoms with Crippen molar-refractivity contribution in [3.63, 3.8) is 0 Å². The van der Waals surface area contributed by atoms with Gasteiger partial charge in [0.2, 0.25) is 6.29 Å². The lowest BCUT2D eigenvalue weighted by molar-refractivity contribution is -0.249. The average Bonchev–Trinajstić information content (AvgIpc) is 2.80. The molecule has 1 aliphatic heterocycles. The number of terminal acetylenes is 1. The highest BCUT2D eigenvalue weighted by molar-refractivity contribution is 5.66. The zero-order valence-electron chi connectivity index (χ0n) is 19.0. The molecule has 1 saturated heterocycles. The molecule has 0 bridgehead atoms. The van der Waals surface area contributed by atoms with Gasteiger partial charge in [-0.3, -0.25) is 14.5 Å². The number of carbonyl (C=O) groups excluding carboxylic acids is 2. The third kappa shape index (κ3) is 6.32. The lowest BCUT2D eigenvalue weighted by Crippen LogP contribution is -2.55. The minimum atomic E-state index is -0.870. The predicted octanol–water partition coefficient (Wildman–Crippen LogP) is 4.20. The summed E-state index contributed by atoms with van der Waals surface area (Å²) in [4.78, 5) is 25.4. The first kappa shape index (κ1) is 24.2. The Bertz CT molecular complexity index is 998. The largest absolute Gasteiger partial charge is 0.461 e. The van der Waals surface area contributed by atoms with E-state index in [1.54, 1.807) is 0 Å². The molecule has 0 aliphatic carbocycles. The highest BCUT2D eigenvalue weighted by Gasteiger charge is 2.46. The van der Waals surface area contributed by atoms with E-state index >= 15 is 0 Å².